The molecular formula is C17H14N2O2. The van der Waals surface area contributed by atoms with Crippen molar-refractivity contribution >= 4 is 17.3 Å². The lowest BCUT2D eigenvalue weighted by atomic mass is 10.00. The lowest BCUT2D eigenvalue weighted by Crippen LogP contribution is -1.89. The van der Waals surface area contributed by atoms with E-state index in [0.29, 0.717) is 11.1 Å². The van der Waals surface area contributed by atoms with Crippen molar-refractivity contribution in [1.29, 1.82) is 5.26 Å². The standard InChI is InChI=1S/C17H14N2O2/c1-12-3-4-13(2)15(9-12)10-16(11-18)14-5-7-17(8-6-14)19(20)21/h3-10H,1-2H3/b16-10+. The lowest BCUT2D eigenvalue weighted by molar-refractivity contribution is -0.384. The summed E-state index contributed by atoms with van der Waals surface area (Å²) in [6, 6.07) is 14.2. The third-order valence-electron chi connectivity index (χ3n) is 3.24. The van der Waals surface area contributed by atoms with Gasteiger partial charge in [-0.1, -0.05) is 23.8 Å². The molecule has 2 rings (SSSR count). The first-order chi connectivity index (χ1) is 10.0. The van der Waals surface area contributed by atoms with Crippen LogP contribution in [0.25, 0.3) is 11.6 Å². The number of aryl methyl sites for hydroxylation is 2. The summed E-state index contributed by atoms with van der Waals surface area (Å²) in [6.07, 6.45) is 1.81. The largest absolute Gasteiger partial charge is 0.269 e. The molecule has 0 aromatic heterocycles. The second-order valence-corrected chi connectivity index (χ2v) is 4.83. The molecule has 0 radical (unpaired) electrons. The zero-order chi connectivity index (χ0) is 15.4. The van der Waals surface area contributed by atoms with Gasteiger partial charge in [-0.3, -0.25) is 10.1 Å². The Hall–Kier alpha value is -2.93. The topological polar surface area (TPSA) is 66.9 Å². The van der Waals surface area contributed by atoms with Crippen LogP contribution in [0.2, 0.25) is 0 Å². The van der Waals surface area contributed by atoms with E-state index in [9.17, 15) is 15.4 Å². The fourth-order valence-corrected chi connectivity index (χ4v) is 2.01. The second kappa shape index (κ2) is 6.02. The van der Waals surface area contributed by atoms with Gasteiger partial charge in [0, 0.05) is 12.1 Å². The number of benzene rings is 2. The van der Waals surface area contributed by atoms with Crippen molar-refractivity contribution in [2.45, 2.75) is 13.8 Å². The zero-order valence-corrected chi connectivity index (χ0v) is 11.8. The summed E-state index contributed by atoms with van der Waals surface area (Å²) in [5.41, 5.74) is 4.35. The number of rotatable bonds is 3. The van der Waals surface area contributed by atoms with Gasteiger partial charge >= 0.3 is 0 Å². The lowest BCUT2D eigenvalue weighted by Gasteiger charge is -2.04. The van der Waals surface area contributed by atoms with E-state index >= 15 is 0 Å². The zero-order valence-electron chi connectivity index (χ0n) is 11.8. The first-order valence-corrected chi connectivity index (χ1v) is 6.45. The van der Waals surface area contributed by atoms with Gasteiger partial charge < -0.3 is 0 Å². The highest BCUT2D eigenvalue weighted by Crippen LogP contribution is 2.22. The molecule has 4 nitrogen and oxygen atoms in total. The second-order valence-electron chi connectivity index (χ2n) is 4.83. The smallest absolute Gasteiger partial charge is 0.258 e. The number of hydrogen-bond acceptors (Lipinski definition) is 3. The molecule has 0 heterocycles. The van der Waals surface area contributed by atoms with Gasteiger partial charge in [-0.2, -0.15) is 5.26 Å². The van der Waals surface area contributed by atoms with E-state index in [1.54, 1.807) is 12.1 Å². The molecule has 0 fully saturated rings. The molecule has 104 valence electrons. The summed E-state index contributed by atoms with van der Waals surface area (Å²) in [5.74, 6) is 0. The Bertz CT molecular complexity index is 753. The first-order valence-electron chi connectivity index (χ1n) is 6.45. The van der Waals surface area contributed by atoms with Crippen LogP contribution in [0, 0.1) is 35.3 Å². The highest BCUT2D eigenvalue weighted by Gasteiger charge is 2.07. The van der Waals surface area contributed by atoms with Gasteiger partial charge in [-0.25, -0.2) is 0 Å². The SMILES string of the molecule is Cc1ccc(C)c(/C=C(\C#N)c2ccc([N+](=O)[O-])cc2)c1. The van der Waals surface area contributed by atoms with Crippen LogP contribution in [0.15, 0.2) is 42.5 Å². The van der Waals surface area contributed by atoms with Gasteiger partial charge in [0.25, 0.3) is 5.69 Å². The summed E-state index contributed by atoms with van der Waals surface area (Å²) in [7, 11) is 0. The molecule has 0 saturated carbocycles. The Balaban J connectivity index is 2.44. The van der Waals surface area contributed by atoms with Crippen LogP contribution in [0.5, 0.6) is 0 Å². The van der Waals surface area contributed by atoms with Crippen LogP contribution in [-0.4, -0.2) is 4.92 Å². The molecule has 0 N–H and O–H groups in total. The van der Waals surface area contributed by atoms with Gasteiger partial charge in [-0.05, 0) is 48.7 Å². The molecule has 0 unspecified atom stereocenters. The Morgan fingerprint density at radius 2 is 1.86 bits per heavy atom. The number of allylic oxidation sites excluding steroid dienone is 1. The number of nitrogens with zero attached hydrogens (tertiary/aromatic N) is 2. The molecule has 21 heavy (non-hydrogen) atoms. The molecule has 2 aromatic carbocycles. The highest BCUT2D eigenvalue weighted by atomic mass is 16.6. The molecule has 2 aromatic rings. The minimum Gasteiger partial charge on any atom is -0.258 e. The van der Waals surface area contributed by atoms with Gasteiger partial charge in [0.1, 0.15) is 0 Å². The van der Waals surface area contributed by atoms with E-state index in [4.69, 9.17) is 0 Å². The van der Waals surface area contributed by atoms with Crippen molar-refractivity contribution < 1.29 is 4.92 Å². The van der Waals surface area contributed by atoms with Crippen LogP contribution in [-0.2, 0) is 0 Å². The van der Waals surface area contributed by atoms with Gasteiger partial charge in [0.15, 0.2) is 0 Å². The van der Waals surface area contributed by atoms with Gasteiger partial charge in [0.2, 0.25) is 0 Å². The fraction of sp³-hybridized carbons (Fsp3) is 0.118. The van der Waals surface area contributed by atoms with E-state index in [1.165, 1.54) is 12.1 Å². The van der Waals surface area contributed by atoms with E-state index in [0.717, 1.165) is 16.7 Å². The van der Waals surface area contributed by atoms with E-state index < -0.39 is 4.92 Å². The molecule has 0 atom stereocenters. The van der Waals surface area contributed by atoms with E-state index in [-0.39, 0.29) is 5.69 Å². The van der Waals surface area contributed by atoms with Crippen LogP contribution in [0.3, 0.4) is 0 Å². The molecule has 0 aliphatic rings. The number of nitriles is 1. The Morgan fingerprint density at radius 1 is 1.19 bits per heavy atom. The van der Waals surface area contributed by atoms with E-state index in [2.05, 4.69) is 6.07 Å². The summed E-state index contributed by atoms with van der Waals surface area (Å²) < 4.78 is 0. The van der Waals surface area contributed by atoms with Crippen molar-refractivity contribution in [2.75, 3.05) is 0 Å². The van der Waals surface area contributed by atoms with Crippen molar-refractivity contribution in [1.82, 2.24) is 0 Å². The summed E-state index contributed by atoms with van der Waals surface area (Å²) in [6.45, 7) is 3.98. The van der Waals surface area contributed by atoms with Crippen LogP contribution in [0.1, 0.15) is 22.3 Å². The fourth-order valence-electron chi connectivity index (χ4n) is 2.01. The number of nitro benzene ring substituents is 1. The maximum Gasteiger partial charge on any atom is 0.269 e. The Kier molecular flexibility index (Phi) is 4.15. The maximum atomic E-state index is 10.7. The van der Waals surface area contributed by atoms with Crippen LogP contribution in [0.4, 0.5) is 5.69 Å². The maximum absolute atomic E-state index is 10.7. The van der Waals surface area contributed by atoms with E-state index in [1.807, 2.05) is 38.1 Å². The number of hydrogen-bond donors (Lipinski definition) is 0. The minimum atomic E-state index is -0.454. The number of nitro groups is 1. The third-order valence-corrected chi connectivity index (χ3v) is 3.24. The van der Waals surface area contributed by atoms with Crippen molar-refractivity contribution in [3.63, 3.8) is 0 Å². The molecular weight excluding hydrogens is 264 g/mol. The average molecular weight is 278 g/mol. The molecule has 4 heteroatoms. The predicted octanol–water partition coefficient (Wildman–Crippen LogP) is 4.28. The van der Waals surface area contributed by atoms with Crippen molar-refractivity contribution in [2.24, 2.45) is 0 Å². The Labute approximate surface area is 123 Å². The quantitative estimate of drug-likeness (QED) is 0.364. The summed E-state index contributed by atoms with van der Waals surface area (Å²) in [4.78, 5) is 10.2. The predicted molar refractivity (Wildman–Crippen MR) is 82.5 cm³/mol. The Morgan fingerprint density at radius 3 is 2.43 bits per heavy atom. The molecule has 0 aliphatic carbocycles. The average Bonchev–Trinajstić information content (AvgIpc) is 2.48. The highest BCUT2D eigenvalue weighted by molar-refractivity contribution is 5.90. The molecule has 0 spiro atoms. The van der Waals surface area contributed by atoms with Crippen molar-refractivity contribution in [3.05, 3.63) is 74.8 Å². The van der Waals surface area contributed by atoms with Gasteiger partial charge in [0.05, 0.1) is 16.6 Å². The third kappa shape index (κ3) is 3.34. The molecule has 0 saturated heterocycles. The van der Waals surface area contributed by atoms with Crippen molar-refractivity contribution in [3.8, 4) is 6.07 Å². The first kappa shape index (κ1) is 14.5. The summed E-state index contributed by atoms with van der Waals surface area (Å²) >= 11 is 0. The normalized spacial score (nSPS) is 11.0. The molecule has 0 aliphatic heterocycles. The van der Waals surface area contributed by atoms with Crippen LogP contribution < -0.4 is 0 Å². The monoisotopic (exact) mass is 278 g/mol. The molecule has 0 bridgehead atoms. The molecule has 0 amide bonds. The minimum absolute atomic E-state index is 0.0165. The van der Waals surface area contributed by atoms with Gasteiger partial charge in [-0.15, -0.1) is 0 Å². The number of non-ortho nitro benzene ring substituents is 1. The van der Waals surface area contributed by atoms with Crippen LogP contribution >= 0.6 is 0 Å². The summed E-state index contributed by atoms with van der Waals surface area (Å²) in [5, 5.41) is 20.0.